The second-order valence-electron chi connectivity index (χ2n) is 5.85. The monoisotopic (exact) mass is 324 g/mol. The van der Waals surface area contributed by atoms with Crippen LogP contribution in [0, 0.1) is 0 Å². The largest absolute Gasteiger partial charge is 0.422 e. The van der Waals surface area contributed by atoms with Gasteiger partial charge in [-0.15, -0.1) is 0 Å². The predicted molar refractivity (Wildman–Crippen MR) is 103 cm³/mol. The van der Waals surface area contributed by atoms with Crippen molar-refractivity contribution in [1.29, 1.82) is 0 Å². The minimum Gasteiger partial charge on any atom is -0.422 e. The second-order valence-corrected chi connectivity index (χ2v) is 5.85. The van der Waals surface area contributed by atoms with E-state index in [-0.39, 0.29) is 5.63 Å². The van der Waals surface area contributed by atoms with E-state index in [9.17, 15) is 4.79 Å². The average molecular weight is 324 g/mol. The molecular formula is C23H16O2. The van der Waals surface area contributed by atoms with Gasteiger partial charge in [0, 0.05) is 5.39 Å². The van der Waals surface area contributed by atoms with Crippen molar-refractivity contribution in [2.75, 3.05) is 0 Å². The lowest BCUT2D eigenvalue weighted by Gasteiger charge is -2.03. The van der Waals surface area contributed by atoms with E-state index < -0.39 is 0 Å². The SMILES string of the molecule is O=c1oc2ccc(C=Cc3ccccc3)cc2cc1-c1ccccc1. The van der Waals surface area contributed by atoms with Crippen LogP contribution in [0.15, 0.2) is 94.1 Å². The van der Waals surface area contributed by atoms with Crippen LogP contribution in [0.3, 0.4) is 0 Å². The molecule has 0 bridgehead atoms. The van der Waals surface area contributed by atoms with E-state index in [1.807, 2.05) is 72.8 Å². The number of hydrogen-bond donors (Lipinski definition) is 0. The molecule has 0 aliphatic rings. The van der Waals surface area contributed by atoms with Crippen molar-refractivity contribution < 1.29 is 4.42 Å². The van der Waals surface area contributed by atoms with Gasteiger partial charge in [0.2, 0.25) is 0 Å². The number of fused-ring (bicyclic) bond motifs is 1. The van der Waals surface area contributed by atoms with Crippen LogP contribution in [-0.2, 0) is 0 Å². The van der Waals surface area contributed by atoms with Gasteiger partial charge in [0.1, 0.15) is 5.58 Å². The second kappa shape index (κ2) is 6.62. The summed E-state index contributed by atoms with van der Waals surface area (Å²) in [5.41, 5.74) is 3.94. The van der Waals surface area contributed by atoms with Crippen LogP contribution in [0.5, 0.6) is 0 Å². The molecule has 3 aromatic carbocycles. The number of hydrogen-bond acceptors (Lipinski definition) is 2. The number of rotatable bonds is 3. The molecule has 0 atom stereocenters. The van der Waals surface area contributed by atoms with E-state index in [4.69, 9.17) is 4.42 Å². The third kappa shape index (κ3) is 3.29. The smallest absolute Gasteiger partial charge is 0.344 e. The first-order valence-corrected chi connectivity index (χ1v) is 8.16. The molecule has 2 nitrogen and oxygen atoms in total. The fraction of sp³-hybridized carbons (Fsp3) is 0. The Kier molecular flexibility index (Phi) is 4.01. The summed E-state index contributed by atoms with van der Waals surface area (Å²) in [5.74, 6) is 0. The van der Waals surface area contributed by atoms with Crippen molar-refractivity contribution in [3.05, 3.63) is 106 Å². The normalized spacial score (nSPS) is 11.2. The Morgan fingerprint density at radius 2 is 1.36 bits per heavy atom. The molecule has 120 valence electrons. The first-order chi connectivity index (χ1) is 12.3. The van der Waals surface area contributed by atoms with Crippen LogP contribution in [-0.4, -0.2) is 0 Å². The van der Waals surface area contributed by atoms with Gasteiger partial charge in [0.05, 0.1) is 5.56 Å². The van der Waals surface area contributed by atoms with E-state index in [1.54, 1.807) is 0 Å². The van der Waals surface area contributed by atoms with Gasteiger partial charge in [0.25, 0.3) is 0 Å². The summed E-state index contributed by atoms with van der Waals surface area (Å²) < 4.78 is 5.49. The van der Waals surface area contributed by atoms with Gasteiger partial charge in [-0.25, -0.2) is 4.79 Å². The third-order valence-corrected chi connectivity index (χ3v) is 4.11. The van der Waals surface area contributed by atoms with E-state index in [1.165, 1.54) is 0 Å². The van der Waals surface area contributed by atoms with E-state index in [0.29, 0.717) is 11.1 Å². The molecule has 0 spiro atoms. The lowest BCUT2D eigenvalue weighted by molar-refractivity contribution is 0.563. The molecule has 0 unspecified atom stereocenters. The molecule has 0 fully saturated rings. The minimum absolute atomic E-state index is 0.314. The molecule has 25 heavy (non-hydrogen) atoms. The minimum atomic E-state index is -0.314. The summed E-state index contributed by atoms with van der Waals surface area (Å²) in [5, 5.41) is 0.911. The van der Waals surface area contributed by atoms with Gasteiger partial charge in [-0.3, -0.25) is 0 Å². The summed E-state index contributed by atoms with van der Waals surface area (Å²) in [6, 6.07) is 27.5. The number of benzene rings is 3. The zero-order valence-corrected chi connectivity index (χ0v) is 13.6. The molecule has 4 rings (SSSR count). The fourth-order valence-electron chi connectivity index (χ4n) is 2.82. The highest BCUT2D eigenvalue weighted by atomic mass is 16.4. The van der Waals surface area contributed by atoms with Crippen LogP contribution in [0.25, 0.3) is 34.2 Å². The lowest BCUT2D eigenvalue weighted by Crippen LogP contribution is -2.02. The highest BCUT2D eigenvalue weighted by Crippen LogP contribution is 2.22. The molecule has 1 heterocycles. The van der Waals surface area contributed by atoms with Crippen LogP contribution >= 0.6 is 0 Å². The Hall–Kier alpha value is -3.39. The third-order valence-electron chi connectivity index (χ3n) is 4.11. The molecule has 0 amide bonds. The van der Waals surface area contributed by atoms with Crippen molar-refractivity contribution in [3.63, 3.8) is 0 Å². The quantitative estimate of drug-likeness (QED) is 0.361. The van der Waals surface area contributed by atoms with Gasteiger partial charge in [-0.1, -0.05) is 78.9 Å². The zero-order valence-electron chi connectivity index (χ0n) is 13.6. The Balaban J connectivity index is 1.76. The maximum Gasteiger partial charge on any atom is 0.344 e. The maximum atomic E-state index is 12.2. The zero-order chi connectivity index (χ0) is 17.1. The summed E-state index contributed by atoms with van der Waals surface area (Å²) in [4.78, 5) is 12.2. The standard InChI is InChI=1S/C23H16O2/c24-23-21(19-9-5-2-6-10-19)16-20-15-18(13-14-22(20)25-23)12-11-17-7-3-1-4-8-17/h1-16H. The Labute approximate surface area is 145 Å². The molecule has 4 aromatic rings. The fourth-order valence-corrected chi connectivity index (χ4v) is 2.82. The van der Waals surface area contributed by atoms with Gasteiger partial charge < -0.3 is 4.42 Å². The summed E-state index contributed by atoms with van der Waals surface area (Å²) in [6.07, 6.45) is 4.13. The van der Waals surface area contributed by atoms with E-state index in [2.05, 4.69) is 24.3 Å². The maximum absolute atomic E-state index is 12.2. The van der Waals surface area contributed by atoms with Crippen molar-refractivity contribution in [2.45, 2.75) is 0 Å². The van der Waals surface area contributed by atoms with Crippen molar-refractivity contribution >= 4 is 23.1 Å². The van der Waals surface area contributed by atoms with Crippen LogP contribution in [0.4, 0.5) is 0 Å². The molecule has 0 N–H and O–H groups in total. The van der Waals surface area contributed by atoms with Gasteiger partial charge in [-0.05, 0) is 34.9 Å². The van der Waals surface area contributed by atoms with Crippen LogP contribution in [0.2, 0.25) is 0 Å². The first kappa shape index (κ1) is 15.2. The molecule has 1 aromatic heterocycles. The van der Waals surface area contributed by atoms with Crippen molar-refractivity contribution in [3.8, 4) is 11.1 Å². The molecule has 0 radical (unpaired) electrons. The Bertz CT molecular complexity index is 1090. The topological polar surface area (TPSA) is 30.2 Å². The predicted octanol–water partition coefficient (Wildman–Crippen LogP) is 5.63. The molecule has 2 heteroatoms. The molecule has 0 saturated heterocycles. The summed E-state index contributed by atoms with van der Waals surface area (Å²) >= 11 is 0. The van der Waals surface area contributed by atoms with E-state index in [0.717, 1.165) is 22.1 Å². The van der Waals surface area contributed by atoms with Gasteiger partial charge in [-0.2, -0.15) is 0 Å². The average Bonchev–Trinajstić information content (AvgIpc) is 2.67. The highest BCUT2D eigenvalue weighted by molar-refractivity contribution is 5.85. The summed E-state index contributed by atoms with van der Waals surface area (Å²) in [7, 11) is 0. The molecular weight excluding hydrogens is 308 g/mol. The molecule has 0 aliphatic heterocycles. The first-order valence-electron chi connectivity index (χ1n) is 8.16. The van der Waals surface area contributed by atoms with Crippen LogP contribution < -0.4 is 5.63 Å². The van der Waals surface area contributed by atoms with Crippen LogP contribution in [0.1, 0.15) is 11.1 Å². The van der Waals surface area contributed by atoms with E-state index >= 15 is 0 Å². The van der Waals surface area contributed by atoms with Gasteiger partial charge in [0.15, 0.2) is 0 Å². The molecule has 0 aliphatic carbocycles. The Morgan fingerprint density at radius 3 is 2.12 bits per heavy atom. The highest BCUT2D eigenvalue weighted by Gasteiger charge is 2.07. The Morgan fingerprint density at radius 1 is 0.680 bits per heavy atom. The lowest BCUT2D eigenvalue weighted by atomic mass is 10.0. The molecule has 0 saturated carbocycles. The van der Waals surface area contributed by atoms with Gasteiger partial charge >= 0.3 is 5.63 Å². The van der Waals surface area contributed by atoms with Crippen molar-refractivity contribution in [1.82, 2.24) is 0 Å². The van der Waals surface area contributed by atoms with Crippen molar-refractivity contribution in [2.24, 2.45) is 0 Å². The summed E-state index contributed by atoms with van der Waals surface area (Å²) in [6.45, 7) is 0.